The smallest absolute Gasteiger partial charge is 0.269 e. The molecule has 0 aliphatic carbocycles. The van der Waals surface area contributed by atoms with Gasteiger partial charge in [0.15, 0.2) is 17.3 Å². The number of piperidine rings is 1. The third-order valence-electron chi connectivity index (χ3n) is 5.42. The van der Waals surface area contributed by atoms with E-state index in [-0.39, 0.29) is 5.56 Å². The lowest BCUT2D eigenvalue weighted by atomic mass is 9.96. The number of hydrogen-bond donors (Lipinski definition) is 0. The Morgan fingerprint density at radius 1 is 1.03 bits per heavy atom. The summed E-state index contributed by atoms with van der Waals surface area (Å²) in [7, 11) is 0. The number of fused-ring (bicyclic) bond motifs is 1. The van der Waals surface area contributed by atoms with E-state index in [2.05, 4.69) is 25.2 Å². The molecule has 10 nitrogen and oxygen atoms in total. The summed E-state index contributed by atoms with van der Waals surface area (Å²) >= 11 is 0. The number of likely N-dealkylation sites (tertiary alicyclic amines) is 1. The third-order valence-corrected chi connectivity index (χ3v) is 5.42. The van der Waals surface area contributed by atoms with Gasteiger partial charge in [0.25, 0.3) is 5.56 Å². The van der Waals surface area contributed by atoms with E-state index in [0.29, 0.717) is 12.5 Å². The molecule has 5 rings (SSSR count). The highest BCUT2D eigenvalue weighted by Gasteiger charge is 2.25. The molecule has 0 saturated carbocycles. The van der Waals surface area contributed by atoms with Crippen LogP contribution in [0, 0.1) is 0 Å². The van der Waals surface area contributed by atoms with Crippen molar-refractivity contribution in [1.82, 2.24) is 44.0 Å². The van der Waals surface area contributed by atoms with Crippen molar-refractivity contribution in [2.24, 2.45) is 0 Å². The van der Waals surface area contributed by atoms with Gasteiger partial charge >= 0.3 is 0 Å². The molecule has 0 aromatic carbocycles. The van der Waals surface area contributed by atoms with Crippen LogP contribution in [0.15, 0.2) is 54.0 Å². The molecule has 4 aromatic rings. The van der Waals surface area contributed by atoms with Crippen LogP contribution in [0.5, 0.6) is 0 Å². The zero-order valence-corrected chi connectivity index (χ0v) is 15.9. The fourth-order valence-electron chi connectivity index (χ4n) is 3.80. The summed E-state index contributed by atoms with van der Waals surface area (Å²) in [6.45, 7) is 3.43. The molecule has 10 heteroatoms. The van der Waals surface area contributed by atoms with Crippen LogP contribution in [0.2, 0.25) is 0 Å². The standard InChI is InChI=1S/C19H21N9O/c29-18-14-20-7-11-26(18)13-12-25-9-4-15(5-10-25)19-23-22-16-2-3-17(24-28(16)19)27-8-1-6-21-27/h1-3,6-8,11,14-15H,4-5,9-10,12-13H2. The van der Waals surface area contributed by atoms with Gasteiger partial charge in [-0.3, -0.25) is 9.78 Å². The largest absolute Gasteiger partial charge is 0.311 e. The van der Waals surface area contributed by atoms with E-state index >= 15 is 0 Å². The Bertz CT molecular complexity index is 1160. The molecule has 1 fully saturated rings. The Morgan fingerprint density at radius 2 is 1.93 bits per heavy atom. The van der Waals surface area contributed by atoms with E-state index < -0.39 is 0 Å². The molecular weight excluding hydrogens is 370 g/mol. The van der Waals surface area contributed by atoms with Gasteiger partial charge in [0, 0.05) is 43.8 Å². The van der Waals surface area contributed by atoms with Crippen LogP contribution < -0.4 is 5.56 Å². The van der Waals surface area contributed by atoms with E-state index in [1.54, 1.807) is 27.8 Å². The van der Waals surface area contributed by atoms with Gasteiger partial charge in [-0.2, -0.15) is 9.61 Å². The van der Waals surface area contributed by atoms with Crippen LogP contribution in [-0.2, 0) is 6.54 Å². The minimum atomic E-state index is -0.0589. The fourth-order valence-corrected chi connectivity index (χ4v) is 3.80. The molecule has 0 unspecified atom stereocenters. The maximum Gasteiger partial charge on any atom is 0.269 e. The first-order valence-corrected chi connectivity index (χ1v) is 9.73. The van der Waals surface area contributed by atoms with Crippen LogP contribution in [0.3, 0.4) is 0 Å². The third kappa shape index (κ3) is 3.54. The van der Waals surface area contributed by atoms with Gasteiger partial charge in [-0.15, -0.1) is 15.3 Å². The minimum absolute atomic E-state index is 0.0589. The Balaban J connectivity index is 1.27. The molecule has 1 aliphatic heterocycles. The van der Waals surface area contributed by atoms with Crippen molar-refractivity contribution < 1.29 is 0 Å². The summed E-state index contributed by atoms with van der Waals surface area (Å²) in [4.78, 5) is 18.0. The van der Waals surface area contributed by atoms with Crippen LogP contribution in [0.1, 0.15) is 24.6 Å². The zero-order chi connectivity index (χ0) is 19.6. The highest BCUT2D eigenvalue weighted by atomic mass is 16.1. The first-order valence-electron chi connectivity index (χ1n) is 9.73. The molecule has 0 amide bonds. The average Bonchev–Trinajstić information content (AvgIpc) is 3.43. The Labute approximate surface area is 166 Å². The fraction of sp³-hybridized carbons (Fsp3) is 0.368. The lowest BCUT2D eigenvalue weighted by Crippen LogP contribution is -2.37. The maximum absolute atomic E-state index is 11.8. The molecule has 0 bridgehead atoms. The summed E-state index contributed by atoms with van der Waals surface area (Å²) in [5, 5.41) is 17.6. The highest BCUT2D eigenvalue weighted by Crippen LogP contribution is 2.26. The molecular formula is C19H21N9O. The van der Waals surface area contributed by atoms with Crippen LogP contribution in [0.25, 0.3) is 11.5 Å². The molecule has 148 valence electrons. The molecule has 1 aliphatic rings. The van der Waals surface area contributed by atoms with Crippen molar-refractivity contribution in [2.45, 2.75) is 25.3 Å². The number of nitrogens with zero attached hydrogens (tertiary/aromatic N) is 9. The predicted molar refractivity (Wildman–Crippen MR) is 105 cm³/mol. The van der Waals surface area contributed by atoms with E-state index in [1.165, 1.54) is 6.20 Å². The second-order valence-electron chi connectivity index (χ2n) is 7.19. The van der Waals surface area contributed by atoms with Crippen molar-refractivity contribution in [2.75, 3.05) is 19.6 Å². The van der Waals surface area contributed by atoms with Crippen molar-refractivity contribution in [3.8, 4) is 5.82 Å². The van der Waals surface area contributed by atoms with Gasteiger partial charge in [-0.05, 0) is 44.1 Å². The van der Waals surface area contributed by atoms with Gasteiger partial charge in [0.1, 0.15) is 0 Å². The van der Waals surface area contributed by atoms with Crippen LogP contribution >= 0.6 is 0 Å². The van der Waals surface area contributed by atoms with E-state index in [1.807, 2.05) is 28.9 Å². The van der Waals surface area contributed by atoms with Crippen LogP contribution in [-0.4, -0.2) is 63.7 Å². The van der Waals surface area contributed by atoms with Gasteiger partial charge in [-0.25, -0.2) is 4.68 Å². The normalized spacial score (nSPS) is 15.9. The van der Waals surface area contributed by atoms with Gasteiger partial charge in [0.05, 0.1) is 6.20 Å². The van der Waals surface area contributed by atoms with E-state index in [0.717, 1.165) is 49.8 Å². The summed E-state index contributed by atoms with van der Waals surface area (Å²) in [5.74, 6) is 1.95. The Hall–Kier alpha value is -3.40. The molecule has 0 atom stereocenters. The van der Waals surface area contributed by atoms with Gasteiger partial charge in [-0.1, -0.05) is 0 Å². The molecule has 4 aromatic heterocycles. The quantitative estimate of drug-likeness (QED) is 0.495. The second-order valence-corrected chi connectivity index (χ2v) is 7.19. The maximum atomic E-state index is 11.8. The summed E-state index contributed by atoms with van der Waals surface area (Å²) in [6, 6.07) is 5.68. The number of aromatic nitrogens is 8. The molecule has 5 heterocycles. The SMILES string of the molecule is O=c1cnccn1CCN1CCC(c2nnc3ccc(-n4cccn4)nn23)CC1. The second kappa shape index (κ2) is 7.55. The first-order chi connectivity index (χ1) is 14.3. The van der Waals surface area contributed by atoms with Crippen molar-refractivity contribution in [1.29, 1.82) is 0 Å². The van der Waals surface area contributed by atoms with E-state index in [9.17, 15) is 4.79 Å². The lowest BCUT2D eigenvalue weighted by Gasteiger charge is -2.31. The minimum Gasteiger partial charge on any atom is -0.311 e. The lowest BCUT2D eigenvalue weighted by molar-refractivity contribution is 0.201. The predicted octanol–water partition coefficient (Wildman–Crippen LogP) is 0.746. The van der Waals surface area contributed by atoms with Crippen molar-refractivity contribution in [3.05, 3.63) is 65.4 Å². The first kappa shape index (κ1) is 17.7. The molecule has 0 radical (unpaired) electrons. The topological polar surface area (TPSA) is 99.0 Å². The van der Waals surface area contributed by atoms with Crippen LogP contribution in [0.4, 0.5) is 0 Å². The summed E-state index contributed by atoms with van der Waals surface area (Å²) in [5.41, 5.74) is 0.687. The highest BCUT2D eigenvalue weighted by molar-refractivity contribution is 5.39. The monoisotopic (exact) mass is 391 g/mol. The molecule has 0 N–H and O–H groups in total. The summed E-state index contributed by atoms with van der Waals surface area (Å²) in [6.07, 6.45) is 10.3. The molecule has 1 saturated heterocycles. The van der Waals surface area contributed by atoms with E-state index in [4.69, 9.17) is 5.10 Å². The number of rotatable bonds is 5. The van der Waals surface area contributed by atoms with Crippen molar-refractivity contribution >= 4 is 5.65 Å². The van der Waals surface area contributed by atoms with Crippen molar-refractivity contribution in [3.63, 3.8) is 0 Å². The molecule has 29 heavy (non-hydrogen) atoms. The number of hydrogen-bond acceptors (Lipinski definition) is 7. The van der Waals surface area contributed by atoms with Gasteiger partial charge in [0.2, 0.25) is 0 Å². The molecule has 0 spiro atoms. The van der Waals surface area contributed by atoms with Gasteiger partial charge < -0.3 is 9.47 Å². The Morgan fingerprint density at radius 3 is 2.72 bits per heavy atom. The average molecular weight is 391 g/mol. The Kier molecular flexibility index (Phi) is 4.60. The zero-order valence-electron chi connectivity index (χ0n) is 15.9. The summed E-state index contributed by atoms with van der Waals surface area (Å²) < 4.78 is 5.27.